The monoisotopic (exact) mass is 405 g/mol. The van der Waals surface area contributed by atoms with Gasteiger partial charge >= 0.3 is 0 Å². The summed E-state index contributed by atoms with van der Waals surface area (Å²) < 4.78 is 25.5. The lowest BCUT2D eigenvalue weighted by Gasteiger charge is -2.09. The molecule has 0 spiro atoms. The van der Waals surface area contributed by atoms with E-state index in [0.29, 0.717) is 15.6 Å². The number of thiophene rings is 1. The Bertz CT molecular complexity index is 1070. The van der Waals surface area contributed by atoms with Gasteiger partial charge in [-0.1, -0.05) is 23.7 Å². The third-order valence-corrected chi connectivity index (χ3v) is 7.64. The molecule has 0 aliphatic carbocycles. The second-order valence-corrected chi connectivity index (χ2v) is 9.47. The molecular weight excluding hydrogens is 390 g/mol. The van der Waals surface area contributed by atoms with Crippen LogP contribution in [0.3, 0.4) is 0 Å². The van der Waals surface area contributed by atoms with Gasteiger partial charge in [-0.2, -0.15) is 0 Å². The number of halogens is 1. The van der Waals surface area contributed by atoms with Gasteiger partial charge in [0.25, 0.3) is 5.91 Å². The number of hydrogen-bond acceptors (Lipinski definition) is 4. The highest BCUT2D eigenvalue weighted by Gasteiger charge is 2.22. The van der Waals surface area contributed by atoms with Crippen LogP contribution < -0.4 is 5.32 Å². The minimum absolute atomic E-state index is 0.117. The molecule has 0 bridgehead atoms. The molecule has 0 saturated carbocycles. The van der Waals surface area contributed by atoms with Crippen molar-refractivity contribution in [1.82, 2.24) is 0 Å². The number of carbonyl (C=O) groups excluding carboxylic acids is 1. The molecule has 7 heteroatoms. The molecule has 4 nitrogen and oxygen atoms in total. The minimum atomic E-state index is -3.68. The number of benzene rings is 2. The van der Waals surface area contributed by atoms with E-state index in [1.807, 2.05) is 32.0 Å². The van der Waals surface area contributed by atoms with Crippen LogP contribution >= 0.6 is 22.9 Å². The van der Waals surface area contributed by atoms with Crippen LogP contribution in [0.2, 0.25) is 5.02 Å². The summed E-state index contributed by atoms with van der Waals surface area (Å²) in [7, 11) is -3.68. The van der Waals surface area contributed by atoms with Gasteiger partial charge in [0.1, 0.15) is 4.21 Å². The molecule has 3 rings (SSSR count). The number of sulfone groups is 1. The first-order valence-corrected chi connectivity index (χ1v) is 10.4. The maximum Gasteiger partial charge on any atom is 0.265 e. The topological polar surface area (TPSA) is 63.2 Å². The van der Waals surface area contributed by atoms with Gasteiger partial charge in [-0.3, -0.25) is 4.79 Å². The second kappa shape index (κ2) is 7.23. The highest BCUT2D eigenvalue weighted by Crippen LogP contribution is 2.29. The van der Waals surface area contributed by atoms with Crippen LogP contribution in [0.15, 0.2) is 63.7 Å². The van der Waals surface area contributed by atoms with Gasteiger partial charge in [0.2, 0.25) is 9.84 Å². The van der Waals surface area contributed by atoms with E-state index in [1.54, 1.807) is 0 Å². The SMILES string of the molecule is Cc1cccc(NC(=O)c2ccc(S(=O)(=O)c3ccc(Cl)cc3)s2)c1C. The average Bonchev–Trinajstić information content (AvgIpc) is 3.10. The van der Waals surface area contributed by atoms with Crippen LogP contribution in [0.4, 0.5) is 5.69 Å². The summed E-state index contributed by atoms with van der Waals surface area (Å²) in [6.45, 7) is 3.89. The van der Waals surface area contributed by atoms with E-state index in [-0.39, 0.29) is 15.0 Å². The number of anilines is 1. The Balaban J connectivity index is 1.86. The summed E-state index contributed by atoms with van der Waals surface area (Å²) in [6.07, 6.45) is 0. The molecule has 1 aromatic heterocycles. The normalized spacial score (nSPS) is 11.3. The summed E-state index contributed by atoms with van der Waals surface area (Å²) >= 11 is 6.75. The second-order valence-electron chi connectivity index (χ2n) is 5.78. The molecule has 0 aliphatic rings. The smallest absolute Gasteiger partial charge is 0.265 e. The van der Waals surface area contributed by atoms with Crippen molar-refractivity contribution in [3.63, 3.8) is 0 Å². The maximum absolute atomic E-state index is 12.7. The van der Waals surface area contributed by atoms with Gasteiger partial charge in [0.15, 0.2) is 0 Å². The lowest BCUT2D eigenvalue weighted by Crippen LogP contribution is -2.11. The first-order chi connectivity index (χ1) is 12.3. The molecule has 0 radical (unpaired) electrons. The van der Waals surface area contributed by atoms with Gasteiger partial charge in [0, 0.05) is 10.7 Å². The summed E-state index contributed by atoms with van der Waals surface area (Å²) in [6, 6.07) is 14.6. The fraction of sp³-hybridized carbons (Fsp3) is 0.105. The van der Waals surface area contributed by atoms with Crippen LogP contribution in [0, 0.1) is 13.8 Å². The van der Waals surface area contributed by atoms with Crippen molar-refractivity contribution in [1.29, 1.82) is 0 Å². The number of amides is 1. The first-order valence-electron chi connectivity index (χ1n) is 7.77. The highest BCUT2D eigenvalue weighted by molar-refractivity contribution is 7.93. The summed E-state index contributed by atoms with van der Waals surface area (Å²) in [5, 5.41) is 3.30. The van der Waals surface area contributed by atoms with Crippen molar-refractivity contribution in [2.75, 3.05) is 5.32 Å². The van der Waals surface area contributed by atoms with E-state index >= 15 is 0 Å². The van der Waals surface area contributed by atoms with Gasteiger partial charge in [-0.25, -0.2) is 8.42 Å². The average molecular weight is 406 g/mol. The Morgan fingerprint density at radius 2 is 1.69 bits per heavy atom. The predicted octanol–water partition coefficient (Wildman–Crippen LogP) is 5.10. The van der Waals surface area contributed by atoms with Crippen molar-refractivity contribution in [2.24, 2.45) is 0 Å². The number of nitrogens with one attached hydrogen (secondary N) is 1. The van der Waals surface area contributed by atoms with Crippen molar-refractivity contribution >= 4 is 44.4 Å². The quantitative estimate of drug-likeness (QED) is 0.656. The van der Waals surface area contributed by atoms with Crippen molar-refractivity contribution in [3.8, 4) is 0 Å². The molecule has 1 heterocycles. The highest BCUT2D eigenvalue weighted by atomic mass is 35.5. The lowest BCUT2D eigenvalue weighted by molar-refractivity contribution is 0.103. The van der Waals surface area contributed by atoms with Crippen LogP contribution in [-0.2, 0) is 9.84 Å². The summed E-state index contributed by atoms with van der Waals surface area (Å²) in [5.74, 6) is -0.332. The molecule has 1 amide bonds. The van der Waals surface area contributed by atoms with Crippen LogP contribution in [0.25, 0.3) is 0 Å². The van der Waals surface area contributed by atoms with E-state index in [2.05, 4.69) is 5.32 Å². The Labute approximate surface area is 161 Å². The van der Waals surface area contributed by atoms with E-state index in [0.717, 1.165) is 22.5 Å². The van der Waals surface area contributed by atoms with Crippen molar-refractivity contribution < 1.29 is 13.2 Å². The molecule has 2 aromatic carbocycles. The molecule has 1 N–H and O–H groups in total. The number of hydrogen-bond donors (Lipinski definition) is 1. The number of rotatable bonds is 4. The predicted molar refractivity (Wildman–Crippen MR) is 105 cm³/mol. The first kappa shape index (κ1) is 18.6. The van der Waals surface area contributed by atoms with E-state index in [9.17, 15) is 13.2 Å². The fourth-order valence-corrected chi connectivity index (χ4v) is 5.12. The zero-order valence-corrected chi connectivity index (χ0v) is 16.5. The Kier molecular flexibility index (Phi) is 5.18. The van der Waals surface area contributed by atoms with Gasteiger partial charge in [-0.15, -0.1) is 11.3 Å². The van der Waals surface area contributed by atoms with Crippen LogP contribution in [0.1, 0.15) is 20.8 Å². The molecule has 0 saturated heterocycles. The molecule has 0 aliphatic heterocycles. The van der Waals surface area contributed by atoms with Gasteiger partial charge in [-0.05, 0) is 67.4 Å². The fourth-order valence-electron chi connectivity index (χ4n) is 2.39. The molecular formula is C19H16ClNO3S2. The van der Waals surface area contributed by atoms with Gasteiger partial charge < -0.3 is 5.32 Å². The molecule has 0 fully saturated rings. The Morgan fingerprint density at radius 3 is 2.38 bits per heavy atom. The largest absolute Gasteiger partial charge is 0.321 e. The van der Waals surface area contributed by atoms with Crippen LogP contribution in [-0.4, -0.2) is 14.3 Å². The zero-order valence-electron chi connectivity index (χ0n) is 14.1. The molecule has 26 heavy (non-hydrogen) atoms. The maximum atomic E-state index is 12.7. The number of aryl methyl sites for hydroxylation is 1. The number of carbonyl (C=O) groups is 1. The minimum Gasteiger partial charge on any atom is -0.321 e. The molecule has 134 valence electrons. The van der Waals surface area contributed by atoms with E-state index in [1.165, 1.54) is 36.4 Å². The van der Waals surface area contributed by atoms with Gasteiger partial charge in [0.05, 0.1) is 9.77 Å². The third-order valence-electron chi connectivity index (χ3n) is 4.05. The molecule has 3 aromatic rings. The molecule has 0 unspecified atom stereocenters. The van der Waals surface area contributed by atoms with E-state index in [4.69, 9.17) is 11.6 Å². The lowest BCUT2D eigenvalue weighted by atomic mass is 10.1. The summed E-state index contributed by atoms with van der Waals surface area (Å²) in [4.78, 5) is 13.0. The zero-order chi connectivity index (χ0) is 18.9. The van der Waals surface area contributed by atoms with Crippen LogP contribution in [0.5, 0.6) is 0 Å². The Morgan fingerprint density at radius 1 is 1.00 bits per heavy atom. The standard InChI is InChI=1S/C19H16ClNO3S2/c1-12-4-3-5-16(13(12)2)21-19(22)17-10-11-18(25-17)26(23,24)15-8-6-14(20)7-9-15/h3-11H,1-2H3,(H,21,22). The van der Waals surface area contributed by atoms with Crippen molar-refractivity contribution in [2.45, 2.75) is 23.0 Å². The Hall–Kier alpha value is -2.15. The van der Waals surface area contributed by atoms with E-state index < -0.39 is 9.84 Å². The van der Waals surface area contributed by atoms with Crippen molar-refractivity contribution in [3.05, 3.63) is 75.6 Å². The third kappa shape index (κ3) is 3.67. The summed E-state index contributed by atoms with van der Waals surface area (Å²) in [5.41, 5.74) is 2.76. The molecule has 0 atom stereocenters.